The molecule has 1 N–H and O–H groups in total. The zero-order valence-corrected chi connectivity index (χ0v) is 21.3. The van der Waals surface area contributed by atoms with Gasteiger partial charge in [-0.15, -0.1) is 0 Å². The van der Waals surface area contributed by atoms with Crippen LogP contribution in [0.25, 0.3) is 12.0 Å². The van der Waals surface area contributed by atoms with Crippen LogP contribution in [0.15, 0.2) is 46.3 Å². The molecule has 0 amide bonds. The zero-order valence-electron chi connectivity index (χ0n) is 20.5. The Labute approximate surface area is 211 Å². The third-order valence-electron chi connectivity index (χ3n) is 5.10. The summed E-state index contributed by atoms with van der Waals surface area (Å²) in [5.74, 6) is -1.30. The van der Waals surface area contributed by atoms with Crippen LogP contribution in [0.5, 0.6) is 5.75 Å². The van der Waals surface area contributed by atoms with Crippen LogP contribution < -0.4 is 10.3 Å². The first-order valence-corrected chi connectivity index (χ1v) is 11.2. The lowest BCUT2D eigenvalue weighted by atomic mass is 10.1. The zero-order chi connectivity index (χ0) is 26.8. The van der Waals surface area contributed by atoms with Crippen LogP contribution in [-0.2, 0) is 12.2 Å². The molecule has 0 aromatic carbocycles. The van der Waals surface area contributed by atoms with E-state index in [0.717, 1.165) is 11.9 Å². The summed E-state index contributed by atoms with van der Waals surface area (Å²) in [5, 5.41) is 14.3. The maximum atomic E-state index is 13.8. The van der Waals surface area contributed by atoms with Gasteiger partial charge in [0.2, 0.25) is 0 Å². The third kappa shape index (κ3) is 6.13. The highest BCUT2D eigenvalue weighted by Gasteiger charge is 2.21. The molecule has 0 aliphatic rings. The Kier molecular flexibility index (Phi) is 7.90. The van der Waals surface area contributed by atoms with Crippen LogP contribution in [0.1, 0.15) is 43.5 Å². The summed E-state index contributed by atoms with van der Waals surface area (Å²) in [5.41, 5.74) is 0.564. The quantitative estimate of drug-likeness (QED) is 0.431. The van der Waals surface area contributed by atoms with Crippen molar-refractivity contribution in [2.24, 2.45) is 4.99 Å². The van der Waals surface area contributed by atoms with Crippen molar-refractivity contribution in [2.45, 2.75) is 46.8 Å². The Morgan fingerprint density at radius 3 is 2.58 bits per heavy atom. The minimum absolute atomic E-state index is 0.0470. The number of halogens is 3. The lowest BCUT2D eigenvalue weighted by molar-refractivity contribution is 0.0734. The maximum Gasteiger partial charge on any atom is 0.277 e. The SMILES string of the molecule is C=C(/N=C\C(C)=C\n1c(C)cc(OCc2ncc(F)cc2F)c(Cl)c1=O)n1nc(C(C)(C)O)cc1C. The topological polar surface area (TPSA) is 94.5 Å². The number of hydrogen-bond acceptors (Lipinski definition) is 6. The minimum Gasteiger partial charge on any atom is -0.485 e. The van der Waals surface area contributed by atoms with Gasteiger partial charge in [-0.05, 0) is 46.3 Å². The van der Waals surface area contributed by atoms with E-state index in [0.29, 0.717) is 28.8 Å². The first kappa shape index (κ1) is 27.0. The van der Waals surface area contributed by atoms with Gasteiger partial charge in [-0.3, -0.25) is 14.3 Å². The smallest absolute Gasteiger partial charge is 0.277 e. The van der Waals surface area contributed by atoms with Gasteiger partial charge in [0.25, 0.3) is 5.56 Å². The lowest BCUT2D eigenvalue weighted by Crippen LogP contribution is -2.20. The molecule has 190 valence electrons. The van der Waals surface area contributed by atoms with Crippen LogP contribution in [0, 0.1) is 25.5 Å². The Balaban J connectivity index is 1.79. The van der Waals surface area contributed by atoms with Crippen LogP contribution in [0.3, 0.4) is 0 Å². The molecule has 0 unspecified atom stereocenters. The van der Waals surface area contributed by atoms with Crippen molar-refractivity contribution < 1.29 is 18.6 Å². The monoisotopic (exact) mass is 517 g/mol. The van der Waals surface area contributed by atoms with E-state index >= 15 is 0 Å². The summed E-state index contributed by atoms with van der Waals surface area (Å²) in [4.78, 5) is 20.8. The highest BCUT2D eigenvalue weighted by Crippen LogP contribution is 2.24. The first-order chi connectivity index (χ1) is 16.8. The predicted molar refractivity (Wildman–Crippen MR) is 135 cm³/mol. The fourth-order valence-electron chi connectivity index (χ4n) is 3.16. The molecule has 0 radical (unpaired) electrons. The van der Waals surface area contributed by atoms with Gasteiger partial charge in [0.15, 0.2) is 5.82 Å². The Morgan fingerprint density at radius 1 is 1.28 bits per heavy atom. The first-order valence-electron chi connectivity index (χ1n) is 10.8. The summed E-state index contributed by atoms with van der Waals surface area (Å²) in [6.45, 7) is 12.1. The molecule has 0 saturated carbocycles. The van der Waals surface area contributed by atoms with Crippen LogP contribution >= 0.6 is 11.6 Å². The summed E-state index contributed by atoms with van der Waals surface area (Å²) < 4.78 is 35.1. The van der Waals surface area contributed by atoms with E-state index in [9.17, 15) is 18.7 Å². The average Bonchev–Trinajstić information content (AvgIpc) is 3.20. The van der Waals surface area contributed by atoms with E-state index in [2.05, 4.69) is 21.7 Å². The lowest BCUT2D eigenvalue weighted by Gasteiger charge is -2.13. The molecule has 0 fully saturated rings. The van der Waals surface area contributed by atoms with Crippen molar-refractivity contribution in [3.05, 3.63) is 86.3 Å². The Morgan fingerprint density at radius 2 is 1.97 bits per heavy atom. The molecule has 3 aromatic heterocycles. The summed E-state index contributed by atoms with van der Waals surface area (Å²) in [6, 6.07) is 3.97. The molecule has 0 spiro atoms. The van der Waals surface area contributed by atoms with Crippen LogP contribution in [0.4, 0.5) is 8.78 Å². The fraction of sp³-hybridized carbons (Fsp3) is 0.280. The summed E-state index contributed by atoms with van der Waals surface area (Å²) in [6.07, 6.45) is 3.93. The van der Waals surface area contributed by atoms with E-state index in [1.807, 2.05) is 6.92 Å². The molecule has 3 rings (SSSR count). The fourth-order valence-corrected chi connectivity index (χ4v) is 3.36. The third-order valence-corrected chi connectivity index (χ3v) is 5.45. The van der Waals surface area contributed by atoms with E-state index < -0.39 is 22.8 Å². The number of allylic oxidation sites excluding steroid dienone is 1. The van der Waals surface area contributed by atoms with Gasteiger partial charge in [0, 0.05) is 35.9 Å². The van der Waals surface area contributed by atoms with E-state index in [1.54, 1.807) is 40.0 Å². The number of aryl methyl sites for hydroxylation is 2. The Hall–Kier alpha value is -3.63. The second-order valence-electron chi connectivity index (χ2n) is 8.70. The second kappa shape index (κ2) is 10.5. The molecule has 3 heterocycles. The van der Waals surface area contributed by atoms with E-state index in [4.69, 9.17) is 16.3 Å². The molecular formula is C25H26ClF2N5O3. The van der Waals surface area contributed by atoms with Crippen molar-refractivity contribution >= 4 is 29.8 Å². The van der Waals surface area contributed by atoms with Crippen molar-refractivity contribution in [2.75, 3.05) is 0 Å². The minimum atomic E-state index is -1.10. The highest BCUT2D eigenvalue weighted by atomic mass is 35.5. The van der Waals surface area contributed by atoms with Gasteiger partial charge in [0.1, 0.15) is 40.3 Å². The molecule has 36 heavy (non-hydrogen) atoms. The molecule has 0 atom stereocenters. The maximum absolute atomic E-state index is 13.8. The molecule has 11 heteroatoms. The van der Waals surface area contributed by atoms with Gasteiger partial charge < -0.3 is 9.84 Å². The molecule has 0 saturated heterocycles. The molecular weight excluding hydrogens is 492 g/mol. The van der Waals surface area contributed by atoms with Crippen molar-refractivity contribution in [3.8, 4) is 5.75 Å². The van der Waals surface area contributed by atoms with Crippen molar-refractivity contribution in [3.63, 3.8) is 0 Å². The number of aliphatic hydroxyl groups is 1. The average molecular weight is 518 g/mol. The van der Waals surface area contributed by atoms with Gasteiger partial charge in [-0.25, -0.2) is 18.5 Å². The van der Waals surface area contributed by atoms with Crippen molar-refractivity contribution in [1.82, 2.24) is 19.3 Å². The number of ether oxygens (including phenoxy) is 1. The standard InChI is InChI=1S/C25H26ClF2N5O3/c1-14(10-29-17(4)33-16(3)8-22(31-33)25(5,6)35)12-32-15(2)7-21(23(26)24(32)34)36-13-20-19(28)9-18(27)11-30-20/h7-12,35H,4,13H2,1-3,5-6H3/b14-12+,29-10-. The number of aliphatic imine (C=N–C) groups is 1. The normalized spacial score (nSPS) is 12.4. The predicted octanol–water partition coefficient (Wildman–Crippen LogP) is 4.85. The number of rotatable bonds is 8. The summed E-state index contributed by atoms with van der Waals surface area (Å²) >= 11 is 6.21. The van der Waals surface area contributed by atoms with Gasteiger partial charge >= 0.3 is 0 Å². The second-order valence-corrected chi connectivity index (χ2v) is 9.08. The molecule has 0 aliphatic carbocycles. The number of pyridine rings is 2. The molecule has 8 nitrogen and oxygen atoms in total. The number of hydrogen-bond donors (Lipinski definition) is 1. The number of nitrogens with zero attached hydrogens (tertiary/aromatic N) is 5. The highest BCUT2D eigenvalue weighted by molar-refractivity contribution is 6.31. The van der Waals surface area contributed by atoms with Gasteiger partial charge in [-0.1, -0.05) is 18.2 Å². The number of aromatic nitrogens is 4. The summed E-state index contributed by atoms with van der Waals surface area (Å²) in [7, 11) is 0. The van der Waals surface area contributed by atoms with Gasteiger partial charge in [-0.2, -0.15) is 5.10 Å². The Bertz CT molecular complexity index is 1430. The van der Waals surface area contributed by atoms with Gasteiger partial charge in [0.05, 0.1) is 11.9 Å². The molecule has 0 aliphatic heterocycles. The van der Waals surface area contributed by atoms with Crippen LogP contribution in [-0.4, -0.2) is 30.7 Å². The van der Waals surface area contributed by atoms with E-state index in [-0.39, 0.29) is 23.1 Å². The molecule has 3 aromatic rings. The van der Waals surface area contributed by atoms with Crippen molar-refractivity contribution in [1.29, 1.82) is 0 Å². The van der Waals surface area contributed by atoms with E-state index in [1.165, 1.54) is 21.5 Å². The molecule has 0 bridgehead atoms. The van der Waals surface area contributed by atoms with Crippen LogP contribution in [0.2, 0.25) is 5.02 Å². The largest absolute Gasteiger partial charge is 0.485 e.